The van der Waals surface area contributed by atoms with E-state index >= 15 is 0 Å². The number of pyridine rings is 1. The average molecular weight is 432 g/mol. The van der Waals surface area contributed by atoms with Gasteiger partial charge in [0.2, 0.25) is 0 Å². The largest absolute Gasteiger partial charge is 0.496 e. The fourth-order valence-corrected chi connectivity index (χ4v) is 4.35. The molecular weight excluding hydrogens is 402 g/mol. The van der Waals surface area contributed by atoms with E-state index in [1.54, 1.807) is 13.3 Å². The molecule has 0 amide bonds. The number of likely N-dealkylation sites (N-methyl/N-ethyl adjacent to an activating group) is 1. The highest BCUT2D eigenvalue weighted by Gasteiger charge is 2.28. The molecule has 1 aromatic heterocycles. The molecule has 0 aliphatic carbocycles. The maximum atomic E-state index is 11.5. The summed E-state index contributed by atoms with van der Waals surface area (Å²) >= 11 is 0. The molecule has 3 aromatic rings. The van der Waals surface area contributed by atoms with Gasteiger partial charge in [0.25, 0.3) is 0 Å². The molecule has 0 saturated carbocycles. The summed E-state index contributed by atoms with van der Waals surface area (Å²) in [4.78, 5) is 17.8. The molecule has 0 saturated heterocycles. The lowest BCUT2D eigenvalue weighted by Gasteiger charge is -2.22. The van der Waals surface area contributed by atoms with E-state index in [1.807, 2.05) is 0 Å². The van der Waals surface area contributed by atoms with E-state index in [9.17, 15) is 9.90 Å². The highest BCUT2D eigenvalue weighted by Crippen LogP contribution is 2.38. The SMILES string of the molecule is COc1cc(C(C)C)ccc1-c1ccc2c(c1)CN(C)[C@H]2CNc1cnccc1C(=O)O. The van der Waals surface area contributed by atoms with E-state index in [0.29, 0.717) is 18.2 Å². The smallest absolute Gasteiger partial charge is 0.337 e. The van der Waals surface area contributed by atoms with Crippen LogP contribution in [0.4, 0.5) is 5.69 Å². The number of aromatic nitrogens is 1. The van der Waals surface area contributed by atoms with E-state index in [-0.39, 0.29) is 11.6 Å². The number of carboxylic acid groups (broad SMARTS) is 1. The molecule has 2 N–H and O–H groups in total. The third-order valence-electron chi connectivity index (χ3n) is 6.19. The van der Waals surface area contributed by atoms with Gasteiger partial charge in [-0.1, -0.05) is 38.1 Å². The molecule has 0 unspecified atom stereocenters. The van der Waals surface area contributed by atoms with Crippen LogP contribution in [0, 0.1) is 0 Å². The van der Waals surface area contributed by atoms with Gasteiger partial charge in [0.15, 0.2) is 0 Å². The van der Waals surface area contributed by atoms with E-state index in [0.717, 1.165) is 23.4 Å². The molecule has 0 spiro atoms. The molecule has 1 aliphatic heterocycles. The van der Waals surface area contributed by atoms with Gasteiger partial charge in [-0.2, -0.15) is 0 Å². The first kappa shape index (κ1) is 21.8. The Morgan fingerprint density at radius 2 is 2.06 bits per heavy atom. The number of aromatic carboxylic acids is 1. The average Bonchev–Trinajstić information content (AvgIpc) is 3.11. The van der Waals surface area contributed by atoms with Gasteiger partial charge in [0.05, 0.1) is 30.6 Å². The number of anilines is 1. The number of methoxy groups -OCH3 is 1. The number of hydrogen-bond donors (Lipinski definition) is 2. The minimum atomic E-state index is -0.961. The molecule has 6 heteroatoms. The maximum Gasteiger partial charge on any atom is 0.337 e. The summed E-state index contributed by atoms with van der Waals surface area (Å²) in [6.45, 7) is 5.79. The van der Waals surface area contributed by atoms with Crippen LogP contribution in [0.25, 0.3) is 11.1 Å². The second-order valence-electron chi connectivity index (χ2n) is 8.57. The first-order valence-corrected chi connectivity index (χ1v) is 10.8. The Morgan fingerprint density at radius 1 is 1.25 bits per heavy atom. The summed E-state index contributed by atoms with van der Waals surface area (Å²) in [6, 6.07) is 14.7. The zero-order valence-electron chi connectivity index (χ0n) is 18.9. The Labute approximate surface area is 188 Å². The quantitative estimate of drug-likeness (QED) is 0.537. The van der Waals surface area contributed by atoms with Crippen LogP contribution in [0.2, 0.25) is 0 Å². The fraction of sp³-hybridized carbons (Fsp3) is 0.308. The molecule has 1 aliphatic rings. The lowest BCUT2D eigenvalue weighted by atomic mass is 9.95. The molecule has 0 fully saturated rings. The molecule has 6 nitrogen and oxygen atoms in total. The third-order valence-corrected chi connectivity index (χ3v) is 6.19. The Kier molecular flexibility index (Phi) is 6.15. The van der Waals surface area contributed by atoms with E-state index < -0.39 is 5.97 Å². The number of rotatable bonds is 7. The Balaban J connectivity index is 1.59. The van der Waals surface area contributed by atoms with Gasteiger partial charge in [-0.15, -0.1) is 0 Å². The van der Waals surface area contributed by atoms with Crippen molar-refractivity contribution in [2.45, 2.75) is 32.4 Å². The summed E-state index contributed by atoms with van der Waals surface area (Å²) in [5.74, 6) is 0.372. The molecule has 0 bridgehead atoms. The number of carboxylic acids is 1. The number of fused-ring (bicyclic) bond motifs is 1. The molecule has 2 aromatic carbocycles. The first-order chi connectivity index (χ1) is 15.4. The Bertz CT molecular complexity index is 1140. The summed E-state index contributed by atoms with van der Waals surface area (Å²) in [6.07, 6.45) is 3.06. The summed E-state index contributed by atoms with van der Waals surface area (Å²) in [5, 5.41) is 12.7. The van der Waals surface area contributed by atoms with Gasteiger partial charge >= 0.3 is 5.97 Å². The van der Waals surface area contributed by atoms with Gasteiger partial charge in [-0.3, -0.25) is 9.88 Å². The van der Waals surface area contributed by atoms with Crippen molar-refractivity contribution in [1.82, 2.24) is 9.88 Å². The van der Waals surface area contributed by atoms with Crippen LogP contribution >= 0.6 is 0 Å². The predicted octanol–water partition coefficient (Wildman–Crippen LogP) is 5.18. The van der Waals surface area contributed by atoms with Crippen LogP contribution in [0.1, 0.15) is 52.9 Å². The standard InChI is InChI=1S/C26H29N3O3/c1-16(2)17-5-8-21(25(12-17)32-4)18-6-7-20-19(11-18)15-29(3)24(20)14-28-23-13-27-10-9-22(23)26(30)31/h5-13,16,24,28H,14-15H2,1-4H3,(H,30,31)/t24-/m0/s1. The number of nitrogens with one attached hydrogen (secondary N) is 1. The van der Waals surface area contributed by atoms with Gasteiger partial charge in [-0.05, 0) is 53.4 Å². The van der Waals surface area contributed by atoms with Gasteiger partial charge in [-0.25, -0.2) is 4.79 Å². The van der Waals surface area contributed by atoms with Crippen molar-refractivity contribution in [1.29, 1.82) is 0 Å². The fourth-order valence-electron chi connectivity index (χ4n) is 4.35. The van der Waals surface area contributed by atoms with Gasteiger partial charge in [0.1, 0.15) is 5.75 Å². The Hall–Kier alpha value is -3.38. The van der Waals surface area contributed by atoms with Crippen molar-refractivity contribution in [2.24, 2.45) is 0 Å². The van der Waals surface area contributed by atoms with Crippen LogP contribution < -0.4 is 10.1 Å². The summed E-state index contributed by atoms with van der Waals surface area (Å²) < 4.78 is 5.70. The first-order valence-electron chi connectivity index (χ1n) is 10.8. The predicted molar refractivity (Wildman–Crippen MR) is 126 cm³/mol. The monoisotopic (exact) mass is 431 g/mol. The minimum Gasteiger partial charge on any atom is -0.496 e. The molecule has 1 atom stereocenters. The van der Waals surface area contributed by atoms with Crippen molar-refractivity contribution in [3.8, 4) is 16.9 Å². The lowest BCUT2D eigenvalue weighted by Crippen LogP contribution is -2.24. The summed E-state index contributed by atoms with van der Waals surface area (Å²) in [5.41, 5.74) is 6.78. The van der Waals surface area contributed by atoms with Crippen molar-refractivity contribution >= 4 is 11.7 Å². The molecule has 166 valence electrons. The second kappa shape index (κ2) is 9.01. The maximum absolute atomic E-state index is 11.5. The van der Waals surface area contributed by atoms with E-state index in [4.69, 9.17) is 4.74 Å². The lowest BCUT2D eigenvalue weighted by molar-refractivity contribution is 0.0697. The minimum absolute atomic E-state index is 0.145. The third kappa shape index (κ3) is 4.18. The van der Waals surface area contributed by atoms with Crippen LogP contribution in [-0.4, -0.2) is 41.7 Å². The van der Waals surface area contributed by atoms with Gasteiger partial charge in [0, 0.05) is 24.8 Å². The van der Waals surface area contributed by atoms with Crippen molar-refractivity contribution < 1.29 is 14.6 Å². The van der Waals surface area contributed by atoms with E-state index in [1.165, 1.54) is 29.0 Å². The summed E-state index contributed by atoms with van der Waals surface area (Å²) in [7, 11) is 3.81. The zero-order chi connectivity index (χ0) is 22.8. The number of hydrogen-bond acceptors (Lipinski definition) is 5. The molecule has 32 heavy (non-hydrogen) atoms. The topological polar surface area (TPSA) is 74.7 Å². The van der Waals surface area contributed by atoms with Gasteiger partial charge < -0.3 is 15.2 Å². The Morgan fingerprint density at radius 3 is 2.78 bits per heavy atom. The number of carbonyl (C=O) groups is 1. The van der Waals surface area contributed by atoms with Crippen LogP contribution in [-0.2, 0) is 6.54 Å². The van der Waals surface area contributed by atoms with Crippen LogP contribution in [0.5, 0.6) is 5.75 Å². The number of nitrogens with zero attached hydrogens (tertiary/aromatic N) is 2. The molecular formula is C26H29N3O3. The number of benzene rings is 2. The highest BCUT2D eigenvalue weighted by atomic mass is 16.5. The van der Waals surface area contributed by atoms with Crippen molar-refractivity contribution in [2.75, 3.05) is 26.0 Å². The normalized spacial score (nSPS) is 15.6. The second-order valence-corrected chi connectivity index (χ2v) is 8.57. The van der Waals surface area contributed by atoms with Crippen LogP contribution in [0.15, 0.2) is 54.9 Å². The van der Waals surface area contributed by atoms with Crippen LogP contribution in [0.3, 0.4) is 0 Å². The molecule has 2 heterocycles. The molecule has 4 rings (SSSR count). The zero-order valence-corrected chi connectivity index (χ0v) is 18.9. The molecule has 0 radical (unpaired) electrons. The van der Waals surface area contributed by atoms with Crippen molar-refractivity contribution in [3.05, 3.63) is 77.1 Å². The number of ether oxygens (including phenoxy) is 1. The van der Waals surface area contributed by atoms with Crippen molar-refractivity contribution in [3.63, 3.8) is 0 Å². The van der Waals surface area contributed by atoms with E-state index in [2.05, 4.69) is 72.5 Å². The highest BCUT2D eigenvalue weighted by molar-refractivity contribution is 5.93.